The molecule has 31 heavy (non-hydrogen) atoms. The van der Waals surface area contributed by atoms with E-state index >= 15 is 0 Å². The van der Waals surface area contributed by atoms with Crippen molar-refractivity contribution in [3.05, 3.63) is 23.8 Å². The number of rotatable bonds is 4. The SMILES string of the molecule is CS(=O)(=O)N1CCC(C(=O)N2CCC(C(=O)c3ccc4c(c3)NC(=O)CO4)CC2)CC1. The van der Waals surface area contributed by atoms with Crippen LogP contribution in [0.25, 0.3) is 0 Å². The van der Waals surface area contributed by atoms with E-state index in [4.69, 9.17) is 4.74 Å². The topological polar surface area (TPSA) is 113 Å². The van der Waals surface area contributed by atoms with Gasteiger partial charge < -0.3 is 15.0 Å². The van der Waals surface area contributed by atoms with Crippen LogP contribution in [0.15, 0.2) is 18.2 Å². The molecule has 3 aliphatic heterocycles. The number of likely N-dealkylation sites (tertiary alicyclic amines) is 1. The van der Waals surface area contributed by atoms with E-state index in [2.05, 4.69) is 5.32 Å². The molecule has 0 saturated carbocycles. The standard InChI is InChI=1S/C21H27N3O6S/c1-31(28,29)24-10-6-15(7-11-24)21(27)23-8-4-14(5-9-23)20(26)16-2-3-18-17(12-16)22-19(25)13-30-18/h2-3,12,14-15H,4-11,13H2,1H3,(H,22,25). The van der Waals surface area contributed by atoms with E-state index in [1.54, 1.807) is 18.2 Å². The lowest BCUT2D eigenvalue weighted by Gasteiger charge is -2.36. The molecule has 168 valence electrons. The quantitative estimate of drug-likeness (QED) is 0.689. The lowest BCUT2D eigenvalue weighted by molar-refractivity contribution is -0.138. The van der Waals surface area contributed by atoms with Crippen LogP contribution in [0.4, 0.5) is 5.69 Å². The third kappa shape index (κ3) is 4.74. The Hall–Kier alpha value is -2.46. The van der Waals surface area contributed by atoms with E-state index in [9.17, 15) is 22.8 Å². The van der Waals surface area contributed by atoms with Crippen molar-refractivity contribution in [1.29, 1.82) is 0 Å². The summed E-state index contributed by atoms with van der Waals surface area (Å²) in [6, 6.07) is 5.07. The first-order valence-electron chi connectivity index (χ1n) is 10.6. The van der Waals surface area contributed by atoms with Gasteiger partial charge in [-0.05, 0) is 43.9 Å². The first kappa shape index (κ1) is 21.8. The Morgan fingerprint density at radius 3 is 2.32 bits per heavy atom. The number of hydrogen-bond acceptors (Lipinski definition) is 6. The minimum absolute atomic E-state index is 0.0104. The maximum atomic E-state index is 13.0. The molecule has 0 aromatic heterocycles. The van der Waals surface area contributed by atoms with Crippen molar-refractivity contribution in [3.63, 3.8) is 0 Å². The van der Waals surface area contributed by atoms with Crippen LogP contribution in [0.2, 0.25) is 0 Å². The smallest absolute Gasteiger partial charge is 0.262 e. The van der Waals surface area contributed by atoms with Crippen LogP contribution in [0.5, 0.6) is 5.75 Å². The molecule has 1 N–H and O–H groups in total. The molecule has 3 aliphatic rings. The summed E-state index contributed by atoms with van der Waals surface area (Å²) in [4.78, 5) is 39.1. The van der Waals surface area contributed by atoms with Crippen LogP contribution >= 0.6 is 0 Å². The van der Waals surface area contributed by atoms with Gasteiger partial charge in [-0.3, -0.25) is 14.4 Å². The lowest BCUT2D eigenvalue weighted by atomic mass is 9.87. The van der Waals surface area contributed by atoms with Gasteiger partial charge in [0.15, 0.2) is 12.4 Å². The fraction of sp³-hybridized carbons (Fsp3) is 0.571. The van der Waals surface area contributed by atoms with E-state index in [1.165, 1.54) is 10.6 Å². The molecule has 0 bridgehead atoms. The number of carbonyl (C=O) groups is 3. The van der Waals surface area contributed by atoms with Gasteiger partial charge in [0, 0.05) is 43.6 Å². The van der Waals surface area contributed by atoms with E-state index in [-0.39, 0.29) is 36.0 Å². The number of benzene rings is 1. The summed E-state index contributed by atoms with van der Waals surface area (Å²) >= 11 is 0. The monoisotopic (exact) mass is 449 g/mol. The van der Waals surface area contributed by atoms with E-state index in [0.717, 1.165) is 0 Å². The van der Waals surface area contributed by atoms with Crippen molar-refractivity contribution in [1.82, 2.24) is 9.21 Å². The van der Waals surface area contributed by atoms with Crippen molar-refractivity contribution < 1.29 is 27.5 Å². The lowest BCUT2D eigenvalue weighted by Crippen LogP contribution is -2.47. The number of hydrogen-bond donors (Lipinski definition) is 1. The van der Waals surface area contributed by atoms with Crippen molar-refractivity contribution >= 4 is 33.3 Å². The second kappa shape index (κ2) is 8.58. The highest BCUT2D eigenvalue weighted by Crippen LogP contribution is 2.31. The van der Waals surface area contributed by atoms with E-state index in [0.29, 0.717) is 68.9 Å². The summed E-state index contributed by atoms with van der Waals surface area (Å²) in [6.07, 6.45) is 3.45. The number of sulfonamides is 1. The third-order valence-electron chi connectivity index (χ3n) is 6.35. The summed E-state index contributed by atoms with van der Waals surface area (Å²) < 4.78 is 30.1. The summed E-state index contributed by atoms with van der Waals surface area (Å²) in [5.41, 5.74) is 1.04. The molecule has 2 fully saturated rings. The van der Waals surface area contributed by atoms with E-state index < -0.39 is 10.0 Å². The molecule has 4 rings (SSSR count). The Morgan fingerprint density at radius 1 is 1.03 bits per heavy atom. The molecule has 0 aliphatic carbocycles. The number of carbonyl (C=O) groups excluding carboxylic acids is 3. The summed E-state index contributed by atoms with van der Waals surface area (Å²) in [6.45, 7) is 1.77. The number of nitrogens with one attached hydrogen (secondary N) is 1. The van der Waals surface area contributed by atoms with E-state index in [1.807, 2.05) is 4.90 Å². The van der Waals surface area contributed by atoms with Crippen molar-refractivity contribution in [2.75, 3.05) is 44.4 Å². The minimum atomic E-state index is -3.21. The Bertz CT molecular complexity index is 992. The number of ketones is 1. The second-order valence-electron chi connectivity index (χ2n) is 8.45. The highest BCUT2D eigenvalue weighted by Gasteiger charge is 2.34. The highest BCUT2D eigenvalue weighted by atomic mass is 32.2. The molecule has 3 heterocycles. The predicted molar refractivity (Wildman–Crippen MR) is 113 cm³/mol. The molecule has 1 aromatic rings. The summed E-state index contributed by atoms with van der Waals surface area (Å²) in [5, 5.41) is 2.72. The highest BCUT2D eigenvalue weighted by molar-refractivity contribution is 7.88. The average Bonchev–Trinajstić information content (AvgIpc) is 2.77. The van der Waals surface area contributed by atoms with Gasteiger partial charge in [0.1, 0.15) is 5.75 Å². The zero-order valence-corrected chi connectivity index (χ0v) is 18.3. The molecule has 0 spiro atoms. The van der Waals surface area contributed by atoms with Gasteiger partial charge in [-0.15, -0.1) is 0 Å². The zero-order valence-electron chi connectivity index (χ0n) is 17.5. The van der Waals surface area contributed by atoms with Gasteiger partial charge in [-0.1, -0.05) is 0 Å². The van der Waals surface area contributed by atoms with Crippen molar-refractivity contribution in [2.24, 2.45) is 11.8 Å². The molecule has 2 amide bonds. The van der Waals surface area contributed by atoms with Crippen molar-refractivity contribution in [2.45, 2.75) is 25.7 Å². The molecule has 0 radical (unpaired) electrons. The second-order valence-corrected chi connectivity index (χ2v) is 10.4. The summed E-state index contributed by atoms with van der Waals surface area (Å²) in [5.74, 6) is 0.0533. The molecular formula is C21H27N3O6S. The van der Waals surface area contributed by atoms with Gasteiger partial charge >= 0.3 is 0 Å². The van der Waals surface area contributed by atoms with Crippen molar-refractivity contribution in [3.8, 4) is 5.75 Å². The normalized spacial score (nSPS) is 21.2. The Balaban J connectivity index is 1.32. The summed E-state index contributed by atoms with van der Waals surface area (Å²) in [7, 11) is -3.21. The number of anilines is 1. The van der Waals surface area contributed by atoms with Crippen LogP contribution in [-0.2, 0) is 19.6 Å². The predicted octanol–water partition coefficient (Wildman–Crippen LogP) is 1.11. The zero-order chi connectivity index (χ0) is 22.2. The van der Waals surface area contributed by atoms with Gasteiger partial charge in [0.25, 0.3) is 5.91 Å². The Morgan fingerprint density at radius 2 is 1.68 bits per heavy atom. The third-order valence-corrected chi connectivity index (χ3v) is 7.65. The Kier molecular flexibility index (Phi) is 6.02. The van der Waals surface area contributed by atoms with Gasteiger partial charge in [-0.2, -0.15) is 0 Å². The van der Waals surface area contributed by atoms with Crippen LogP contribution in [-0.4, -0.2) is 74.3 Å². The number of nitrogens with zero attached hydrogens (tertiary/aromatic N) is 2. The number of ether oxygens (including phenoxy) is 1. The largest absolute Gasteiger partial charge is 0.482 e. The Labute approximate surface area is 181 Å². The number of amides is 2. The number of Topliss-reactive ketones (excluding diaryl/α,β-unsaturated/α-hetero) is 1. The first-order chi connectivity index (χ1) is 14.7. The first-order valence-corrected chi connectivity index (χ1v) is 12.4. The maximum absolute atomic E-state index is 13.0. The molecule has 0 atom stereocenters. The minimum Gasteiger partial charge on any atom is -0.482 e. The van der Waals surface area contributed by atoms with Crippen LogP contribution < -0.4 is 10.1 Å². The molecule has 9 nitrogen and oxygen atoms in total. The van der Waals surface area contributed by atoms with Gasteiger partial charge in [-0.25, -0.2) is 12.7 Å². The van der Waals surface area contributed by atoms with Crippen LogP contribution in [0.3, 0.4) is 0 Å². The maximum Gasteiger partial charge on any atom is 0.262 e. The number of piperidine rings is 2. The van der Waals surface area contributed by atoms with Gasteiger partial charge in [0.05, 0.1) is 11.9 Å². The fourth-order valence-electron chi connectivity index (χ4n) is 4.53. The number of fused-ring (bicyclic) bond motifs is 1. The van der Waals surface area contributed by atoms with Crippen LogP contribution in [0.1, 0.15) is 36.0 Å². The molecular weight excluding hydrogens is 422 g/mol. The fourth-order valence-corrected chi connectivity index (χ4v) is 5.40. The molecule has 2 saturated heterocycles. The van der Waals surface area contributed by atoms with Gasteiger partial charge in [0.2, 0.25) is 15.9 Å². The molecule has 10 heteroatoms. The molecule has 1 aromatic carbocycles. The molecule has 0 unspecified atom stereocenters. The average molecular weight is 450 g/mol. The van der Waals surface area contributed by atoms with Crippen LogP contribution in [0, 0.1) is 11.8 Å².